The Morgan fingerprint density at radius 2 is 2.07 bits per heavy atom. The predicted octanol–water partition coefficient (Wildman–Crippen LogP) is 2.24. The zero-order chi connectivity index (χ0) is 10.7. The van der Waals surface area contributed by atoms with Crippen LogP contribution in [0.25, 0.3) is 0 Å². The van der Waals surface area contributed by atoms with Gasteiger partial charge in [-0.05, 0) is 62.4 Å². The lowest BCUT2D eigenvalue weighted by Gasteiger charge is -2.22. The molecule has 1 aliphatic rings. The van der Waals surface area contributed by atoms with Crippen molar-refractivity contribution in [3.63, 3.8) is 0 Å². The van der Waals surface area contributed by atoms with Crippen LogP contribution in [0.15, 0.2) is 18.2 Å². The second-order valence-corrected chi connectivity index (χ2v) is 4.52. The molecule has 2 rings (SSSR count). The van der Waals surface area contributed by atoms with Crippen LogP contribution in [-0.4, -0.2) is 18.2 Å². The number of phenols is 1. The molecule has 82 valence electrons. The average molecular weight is 205 g/mol. The summed E-state index contributed by atoms with van der Waals surface area (Å²) in [5.74, 6) is 1.22. The quantitative estimate of drug-likeness (QED) is 0.776. The van der Waals surface area contributed by atoms with Gasteiger partial charge in [0.1, 0.15) is 5.75 Å². The van der Waals surface area contributed by atoms with Gasteiger partial charge in [0.25, 0.3) is 0 Å². The van der Waals surface area contributed by atoms with Crippen LogP contribution in [0.3, 0.4) is 0 Å². The summed E-state index contributed by atoms with van der Waals surface area (Å²) in [4.78, 5) is 0. The van der Waals surface area contributed by atoms with E-state index < -0.39 is 0 Å². The predicted molar refractivity (Wildman–Crippen MR) is 62.1 cm³/mol. The third kappa shape index (κ3) is 2.72. The van der Waals surface area contributed by atoms with Crippen molar-refractivity contribution in [3.05, 3.63) is 29.3 Å². The summed E-state index contributed by atoms with van der Waals surface area (Å²) < 4.78 is 0. The molecule has 0 unspecified atom stereocenters. The summed E-state index contributed by atoms with van der Waals surface area (Å²) in [6, 6.07) is 6.06. The average Bonchev–Trinajstić information content (AvgIpc) is 2.25. The molecule has 2 nitrogen and oxygen atoms in total. The lowest BCUT2D eigenvalue weighted by molar-refractivity contribution is 0.372. The summed E-state index contributed by atoms with van der Waals surface area (Å²) >= 11 is 0. The fraction of sp³-hybridized carbons (Fsp3) is 0.538. The van der Waals surface area contributed by atoms with Crippen LogP contribution in [0.4, 0.5) is 0 Å². The zero-order valence-corrected chi connectivity index (χ0v) is 9.29. The molecule has 0 atom stereocenters. The molecule has 0 aliphatic carbocycles. The highest BCUT2D eigenvalue weighted by Gasteiger charge is 2.13. The van der Waals surface area contributed by atoms with E-state index in [0.29, 0.717) is 5.75 Å². The van der Waals surface area contributed by atoms with E-state index in [1.165, 1.54) is 18.4 Å². The number of hydrogen-bond acceptors (Lipinski definition) is 2. The molecule has 1 aromatic rings. The first-order valence-corrected chi connectivity index (χ1v) is 5.75. The van der Waals surface area contributed by atoms with Gasteiger partial charge in [-0.2, -0.15) is 0 Å². The first-order valence-electron chi connectivity index (χ1n) is 5.75. The van der Waals surface area contributed by atoms with E-state index in [0.717, 1.165) is 31.0 Å². The third-order valence-corrected chi connectivity index (χ3v) is 3.26. The van der Waals surface area contributed by atoms with E-state index >= 15 is 0 Å². The smallest absolute Gasteiger partial charge is 0.118 e. The molecule has 0 aromatic heterocycles. The minimum atomic E-state index is 0.432. The minimum absolute atomic E-state index is 0.432. The molecule has 1 saturated heterocycles. The van der Waals surface area contributed by atoms with E-state index in [-0.39, 0.29) is 0 Å². The molecule has 15 heavy (non-hydrogen) atoms. The SMILES string of the molecule is Cc1ccc(CC2CCNCC2)cc1O. The highest BCUT2D eigenvalue weighted by Crippen LogP contribution is 2.22. The Bertz CT molecular complexity index is 329. The summed E-state index contributed by atoms with van der Waals surface area (Å²) in [6.07, 6.45) is 3.62. The lowest BCUT2D eigenvalue weighted by Crippen LogP contribution is -2.28. The summed E-state index contributed by atoms with van der Waals surface area (Å²) in [5, 5.41) is 13.0. The van der Waals surface area contributed by atoms with E-state index in [1.54, 1.807) is 0 Å². The Morgan fingerprint density at radius 3 is 2.73 bits per heavy atom. The molecule has 0 spiro atoms. The summed E-state index contributed by atoms with van der Waals surface area (Å²) in [7, 11) is 0. The molecule has 1 aliphatic heterocycles. The van der Waals surface area contributed by atoms with Crippen molar-refractivity contribution in [3.8, 4) is 5.75 Å². The lowest BCUT2D eigenvalue weighted by atomic mass is 9.90. The fourth-order valence-electron chi connectivity index (χ4n) is 2.20. The van der Waals surface area contributed by atoms with Crippen LogP contribution < -0.4 is 5.32 Å². The van der Waals surface area contributed by atoms with Gasteiger partial charge < -0.3 is 10.4 Å². The Hall–Kier alpha value is -1.02. The van der Waals surface area contributed by atoms with Crippen LogP contribution in [-0.2, 0) is 6.42 Å². The molecule has 0 saturated carbocycles. The molecule has 0 amide bonds. The first-order chi connectivity index (χ1) is 7.25. The number of aromatic hydroxyl groups is 1. The number of piperidine rings is 1. The monoisotopic (exact) mass is 205 g/mol. The van der Waals surface area contributed by atoms with Crippen LogP contribution in [0.5, 0.6) is 5.75 Å². The summed E-state index contributed by atoms with van der Waals surface area (Å²) in [6.45, 7) is 4.22. The van der Waals surface area contributed by atoms with Gasteiger partial charge in [0.05, 0.1) is 0 Å². The topological polar surface area (TPSA) is 32.3 Å². The Balaban J connectivity index is 2.00. The number of nitrogens with one attached hydrogen (secondary N) is 1. The van der Waals surface area contributed by atoms with Gasteiger partial charge in [-0.1, -0.05) is 12.1 Å². The van der Waals surface area contributed by atoms with Crippen molar-refractivity contribution in [2.45, 2.75) is 26.2 Å². The second kappa shape index (κ2) is 4.67. The number of hydrogen-bond donors (Lipinski definition) is 2. The van der Waals surface area contributed by atoms with Crippen molar-refractivity contribution >= 4 is 0 Å². The maximum absolute atomic E-state index is 9.62. The van der Waals surface area contributed by atoms with Gasteiger partial charge in [-0.25, -0.2) is 0 Å². The molecule has 1 heterocycles. The van der Waals surface area contributed by atoms with E-state index in [4.69, 9.17) is 0 Å². The number of rotatable bonds is 2. The maximum Gasteiger partial charge on any atom is 0.118 e. The van der Waals surface area contributed by atoms with Crippen molar-refractivity contribution in [2.24, 2.45) is 5.92 Å². The molecule has 2 heteroatoms. The normalized spacial score (nSPS) is 17.9. The summed E-state index contributed by atoms with van der Waals surface area (Å²) in [5.41, 5.74) is 2.23. The molecule has 0 bridgehead atoms. The van der Waals surface area contributed by atoms with Gasteiger partial charge in [0.2, 0.25) is 0 Å². The van der Waals surface area contributed by atoms with Crippen molar-refractivity contribution in [1.29, 1.82) is 0 Å². The van der Waals surface area contributed by atoms with E-state index in [9.17, 15) is 5.11 Å². The fourth-order valence-corrected chi connectivity index (χ4v) is 2.20. The molecule has 2 N–H and O–H groups in total. The highest BCUT2D eigenvalue weighted by atomic mass is 16.3. The Morgan fingerprint density at radius 1 is 1.33 bits per heavy atom. The number of benzene rings is 1. The zero-order valence-electron chi connectivity index (χ0n) is 9.29. The molecular weight excluding hydrogens is 186 g/mol. The first kappa shape index (κ1) is 10.5. The minimum Gasteiger partial charge on any atom is -0.508 e. The van der Waals surface area contributed by atoms with Gasteiger partial charge in [0, 0.05) is 0 Å². The second-order valence-electron chi connectivity index (χ2n) is 4.52. The number of phenolic OH excluding ortho intramolecular Hbond substituents is 1. The number of aryl methyl sites for hydroxylation is 1. The highest BCUT2D eigenvalue weighted by molar-refractivity contribution is 5.35. The van der Waals surface area contributed by atoms with Gasteiger partial charge in [0.15, 0.2) is 0 Å². The van der Waals surface area contributed by atoms with Crippen molar-refractivity contribution in [2.75, 3.05) is 13.1 Å². The molecular formula is C13H19NO. The van der Waals surface area contributed by atoms with Crippen LogP contribution in [0.1, 0.15) is 24.0 Å². The van der Waals surface area contributed by atoms with Gasteiger partial charge in [-0.15, -0.1) is 0 Å². The maximum atomic E-state index is 9.62. The Kier molecular flexibility index (Phi) is 3.27. The van der Waals surface area contributed by atoms with E-state index in [1.807, 2.05) is 19.1 Å². The van der Waals surface area contributed by atoms with Gasteiger partial charge in [-0.3, -0.25) is 0 Å². The standard InChI is InChI=1S/C13H19NO/c1-10-2-3-12(9-13(10)15)8-11-4-6-14-7-5-11/h2-3,9,11,14-15H,4-8H2,1H3. The van der Waals surface area contributed by atoms with Crippen molar-refractivity contribution < 1.29 is 5.11 Å². The molecule has 1 aromatic carbocycles. The molecule has 0 radical (unpaired) electrons. The van der Waals surface area contributed by atoms with Crippen LogP contribution >= 0.6 is 0 Å². The molecule has 1 fully saturated rings. The Labute approximate surface area is 91.3 Å². The van der Waals surface area contributed by atoms with Crippen LogP contribution in [0.2, 0.25) is 0 Å². The van der Waals surface area contributed by atoms with E-state index in [2.05, 4.69) is 11.4 Å². The van der Waals surface area contributed by atoms with Gasteiger partial charge >= 0.3 is 0 Å². The van der Waals surface area contributed by atoms with Crippen LogP contribution in [0, 0.1) is 12.8 Å². The largest absolute Gasteiger partial charge is 0.508 e. The van der Waals surface area contributed by atoms with Crippen molar-refractivity contribution in [1.82, 2.24) is 5.32 Å². The third-order valence-electron chi connectivity index (χ3n) is 3.26.